The summed E-state index contributed by atoms with van der Waals surface area (Å²) in [4.78, 5) is 11.6. The Morgan fingerprint density at radius 3 is 2.67 bits per heavy atom. The summed E-state index contributed by atoms with van der Waals surface area (Å²) in [6.45, 7) is 3.55. The minimum Gasteiger partial charge on any atom is -0.486 e. The lowest BCUT2D eigenvalue weighted by Gasteiger charge is -2.26. The average Bonchev–Trinajstić information content (AvgIpc) is 3.25. The van der Waals surface area contributed by atoms with Crippen molar-refractivity contribution in [3.63, 3.8) is 0 Å². The molecule has 2 aliphatic rings. The van der Waals surface area contributed by atoms with Crippen LogP contribution in [0.3, 0.4) is 0 Å². The molecule has 8 nitrogen and oxygen atoms in total. The fourth-order valence-corrected chi connectivity index (χ4v) is 5.19. The predicted molar refractivity (Wildman–Crippen MR) is 107 cm³/mol. The van der Waals surface area contributed by atoms with E-state index in [-0.39, 0.29) is 22.7 Å². The van der Waals surface area contributed by atoms with Crippen LogP contribution < -0.4 is 14.2 Å². The molecular weight excluding hydrogens is 410 g/mol. The highest BCUT2D eigenvalue weighted by atomic mass is 32.2. The average molecular weight is 433 g/mol. The van der Waals surface area contributed by atoms with E-state index >= 15 is 0 Å². The maximum atomic E-state index is 12.8. The minimum atomic E-state index is -4.40. The Morgan fingerprint density at radius 2 is 1.97 bits per heavy atom. The molecule has 0 spiro atoms. The zero-order valence-corrected chi connectivity index (χ0v) is 17.4. The molecule has 1 saturated carbocycles. The third kappa shape index (κ3) is 3.53. The zero-order valence-electron chi connectivity index (χ0n) is 16.6. The third-order valence-corrected chi connectivity index (χ3v) is 7.16. The van der Waals surface area contributed by atoms with Crippen LogP contribution in [-0.2, 0) is 14.8 Å². The number of aliphatic hydroxyl groups is 1. The normalized spacial score (nSPS) is 22.0. The predicted octanol–water partition coefficient (Wildman–Crippen LogP) is 2.42. The van der Waals surface area contributed by atoms with Crippen molar-refractivity contribution in [1.29, 1.82) is 0 Å². The van der Waals surface area contributed by atoms with Gasteiger partial charge in [-0.2, -0.15) is 0 Å². The fourth-order valence-electron chi connectivity index (χ4n) is 3.99. The van der Waals surface area contributed by atoms with Crippen LogP contribution in [0.25, 0.3) is 0 Å². The van der Waals surface area contributed by atoms with Crippen LogP contribution in [0.5, 0.6) is 11.5 Å². The number of aliphatic carboxylic acids is 1. The highest BCUT2D eigenvalue weighted by Gasteiger charge is 2.46. The van der Waals surface area contributed by atoms with E-state index in [1.807, 2.05) is 13.0 Å². The van der Waals surface area contributed by atoms with Crippen LogP contribution in [0, 0.1) is 13.8 Å². The first-order valence-corrected chi connectivity index (χ1v) is 11.1. The second kappa shape index (κ2) is 7.26. The lowest BCUT2D eigenvalue weighted by Crippen LogP contribution is -2.58. The second-order valence-electron chi connectivity index (χ2n) is 7.77. The van der Waals surface area contributed by atoms with Crippen LogP contribution in [-0.4, -0.2) is 36.6 Å². The molecule has 3 atom stereocenters. The topological polar surface area (TPSA) is 122 Å². The summed E-state index contributed by atoms with van der Waals surface area (Å²) in [5.41, 5.74) is 2.46. The van der Waals surface area contributed by atoms with E-state index in [9.17, 15) is 23.4 Å². The van der Waals surface area contributed by atoms with Gasteiger partial charge in [-0.1, -0.05) is 18.2 Å². The maximum Gasteiger partial charge on any atom is 0.395 e. The van der Waals surface area contributed by atoms with Gasteiger partial charge in [-0.15, -0.1) is 4.72 Å². The van der Waals surface area contributed by atoms with Gasteiger partial charge in [0.15, 0.2) is 11.5 Å². The summed E-state index contributed by atoms with van der Waals surface area (Å²) < 4.78 is 38.5. The van der Waals surface area contributed by atoms with Crippen molar-refractivity contribution in [2.75, 3.05) is 0 Å². The SMILES string of the molecule is Cc1ccc(S(=O)(=O)NC(O)(Oc2cccc3c2OC2CCCC32)C(=O)O)cc1C. The molecule has 4 rings (SSSR count). The van der Waals surface area contributed by atoms with E-state index in [4.69, 9.17) is 9.47 Å². The number of para-hydroxylation sites is 1. The first-order chi connectivity index (χ1) is 14.1. The summed E-state index contributed by atoms with van der Waals surface area (Å²) in [6.07, 6.45) is 2.84. The van der Waals surface area contributed by atoms with Crippen molar-refractivity contribution in [2.24, 2.45) is 0 Å². The monoisotopic (exact) mass is 433 g/mol. The number of sulfonamides is 1. The van der Waals surface area contributed by atoms with Gasteiger partial charge in [0.05, 0.1) is 4.90 Å². The quantitative estimate of drug-likeness (QED) is 0.598. The van der Waals surface area contributed by atoms with Crippen molar-refractivity contribution in [3.05, 3.63) is 53.1 Å². The molecule has 9 heteroatoms. The number of fused-ring (bicyclic) bond motifs is 3. The van der Waals surface area contributed by atoms with E-state index in [1.54, 1.807) is 23.8 Å². The lowest BCUT2D eigenvalue weighted by atomic mass is 9.97. The largest absolute Gasteiger partial charge is 0.486 e. The number of ether oxygens (including phenoxy) is 2. The number of hydrogen-bond donors (Lipinski definition) is 3. The first kappa shape index (κ1) is 20.6. The van der Waals surface area contributed by atoms with E-state index < -0.39 is 21.9 Å². The third-order valence-electron chi connectivity index (χ3n) is 5.74. The van der Waals surface area contributed by atoms with Crippen LogP contribution >= 0.6 is 0 Å². The van der Waals surface area contributed by atoms with Crippen LogP contribution in [0.4, 0.5) is 0 Å². The number of benzene rings is 2. The van der Waals surface area contributed by atoms with Gasteiger partial charge in [-0.25, -0.2) is 13.2 Å². The van der Waals surface area contributed by atoms with Crippen LogP contribution in [0.1, 0.15) is 41.9 Å². The standard InChI is InChI=1S/C21H23NO7S/c1-12-9-10-14(11-13(12)2)30(26,27)22-21(25,20(23)24)29-18-8-4-6-16-15-5-3-7-17(15)28-19(16)18/h4,6,8-11,15,17,22,25H,3,5,7H2,1-2H3,(H,23,24). The number of hydrogen-bond acceptors (Lipinski definition) is 6. The Hall–Kier alpha value is -2.62. The number of carbonyl (C=O) groups is 1. The molecular formula is C21H23NO7S. The van der Waals surface area contributed by atoms with Gasteiger partial charge in [0, 0.05) is 11.5 Å². The molecule has 0 bridgehead atoms. The number of aryl methyl sites for hydroxylation is 2. The number of carboxylic acid groups (broad SMARTS) is 1. The highest BCUT2D eigenvalue weighted by Crippen LogP contribution is 2.51. The second-order valence-corrected chi connectivity index (χ2v) is 9.45. The van der Waals surface area contributed by atoms with Gasteiger partial charge in [0.25, 0.3) is 0 Å². The Balaban J connectivity index is 1.65. The van der Waals surface area contributed by atoms with Gasteiger partial charge in [-0.3, -0.25) is 0 Å². The molecule has 1 heterocycles. The summed E-state index contributed by atoms with van der Waals surface area (Å²) >= 11 is 0. The van der Waals surface area contributed by atoms with Crippen molar-refractivity contribution in [3.8, 4) is 11.5 Å². The summed E-state index contributed by atoms with van der Waals surface area (Å²) in [7, 11) is -4.40. The number of rotatable bonds is 6. The van der Waals surface area contributed by atoms with Gasteiger partial charge in [0.2, 0.25) is 10.0 Å². The van der Waals surface area contributed by atoms with E-state index in [0.29, 0.717) is 11.3 Å². The molecule has 1 fully saturated rings. The van der Waals surface area contributed by atoms with E-state index in [1.165, 1.54) is 18.2 Å². The van der Waals surface area contributed by atoms with Crippen molar-refractivity contribution in [1.82, 2.24) is 4.72 Å². The van der Waals surface area contributed by atoms with E-state index in [2.05, 4.69) is 0 Å². The molecule has 2 aromatic carbocycles. The molecule has 3 N–H and O–H groups in total. The summed E-state index contributed by atoms with van der Waals surface area (Å²) in [5, 5.41) is 20.2. The van der Waals surface area contributed by atoms with Crippen molar-refractivity contribution < 1.29 is 32.9 Å². The van der Waals surface area contributed by atoms with E-state index in [0.717, 1.165) is 30.4 Å². The zero-order chi connectivity index (χ0) is 21.7. The molecule has 30 heavy (non-hydrogen) atoms. The van der Waals surface area contributed by atoms with Gasteiger partial charge in [0.1, 0.15) is 6.10 Å². The Labute approximate surface area is 174 Å². The van der Waals surface area contributed by atoms with Crippen molar-refractivity contribution in [2.45, 2.75) is 55.9 Å². The molecule has 0 aromatic heterocycles. The molecule has 0 saturated heterocycles. The van der Waals surface area contributed by atoms with Crippen LogP contribution in [0.15, 0.2) is 41.3 Å². The Bertz CT molecular complexity index is 1110. The minimum absolute atomic E-state index is 0.0186. The molecule has 160 valence electrons. The highest BCUT2D eigenvalue weighted by molar-refractivity contribution is 7.89. The Morgan fingerprint density at radius 1 is 1.20 bits per heavy atom. The van der Waals surface area contributed by atoms with Crippen molar-refractivity contribution >= 4 is 16.0 Å². The molecule has 3 unspecified atom stereocenters. The van der Waals surface area contributed by atoms with Gasteiger partial charge >= 0.3 is 11.9 Å². The molecule has 2 aromatic rings. The maximum absolute atomic E-state index is 12.8. The summed E-state index contributed by atoms with van der Waals surface area (Å²) in [6, 6.07) is 9.30. The lowest BCUT2D eigenvalue weighted by molar-refractivity contribution is -0.197. The molecule has 0 radical (unpaired) electrons. The van der Waals surface area contributed by atoms with Crippen LogP contribution in [0.2, 0.25) is 0 Å². The molecule has 1 aliphatic carbocycles. The van der Waals surface area contributed by atoms with Gasteiger partial charge < -0.3 is 19.7 Å². The number of nitrogens with one attached hydrogen (secondary N) is 1. The fraction of sp³-hybridized carbons (Fsp3) is 0.381. The summed E-state index contributed by atoms with van der Waals surface area (Å²) in [5.74, 6) is -4.61. The van der Waals surface area contributed by atoms with Gasteiger partial charge in [-0.05, 0) is 62.4 Å². The molecule has 1 aliphatic heterocycles. The molecule has 0 amide bonds. The Kier molecular flexibility index (Phi) is 5.00. The number of carboxylic acids is 1. The first-order valence-electron chi connectivity index (χ1n) is 9.66. The smallest absolute Gasteiger partial charge is 0.395 e.